The molecule has 1 aromatic heterocycles. The summed E-state index contributed by atoms with van der Waals surface area (Å²) in [6.07, 6.45) is 0.270. The summed E-state index contributed by atoms with van der Waals surface area (Å²) in [5.41, 5.74) is 0.626. The highest BCUT2D eigenvalue weighted by Crippen LogP contribution is 2.22. The van der Waals surface area contributed by atoms with E-state index < -0.39 is 17.9 Å². The SMILES string of the molecule is CC[C@H](NC(=O)c1ccc(-c2ccc(F)cc2)o1)C(=O)O. The number of amides is 1. The van der Waals surface area contributed by atoms with Gasteiger partial charge in [0.15, 0.2) is 5.76 Å². The summed E-state index contributed by atoms with van der Waals surface area (Å²) in [7, 11) is 0. The first kappa shape index (κ1) is 14.8. The first-order valence-corrected chi connectivity index (χ1v) is 6.40. The molecule has 21 heavy (non-hydrogen) atoms. The van der Waals surface area contributed by atoms with Crippen molar-refractivity contribution in [2.24, 2.45) is 0 Å². The molecule has 6 heteroatoms. The zero-order chi connectivity index (χ0) is 15.4. The van der Waals surface area contributed by atoms with Gasteiger partial charge in [-0.25, -0.2) is 9.18 Å². The first-order chi connectivity index (χ1) is 10.0. The van der Waals surface area contributed by atoms with Crippen LogP contribution in [-0.4, -0.2) is 23.0 Å². The average molecular weight is 291 g/mol. The number of hydrogen-bond acceptors (Lipinski definition) is 3. The summed E-state index contributed by atoms with van der Waals surface area (Å²) >= 11 is 0. The normalized spacial score (nSPS) is 11.9. The Morgan fingerprint density at radius 1 is 1.24 bits per heavy atom. The second kappa shape index (κ2) is 6.21. The molecule has 0 aliphatic heterocycles. The molecule has 1 heterocycles. The number of carboxylic acids is 1. The van der Waals surface area contributed by atoms with Crippen molar-refractivity contribution < 1.29 is 23.5 Å². The number of carbonyl (C=O) groups excluding carboxylic acids is 1. The minimum atomic E-state index is -1.10. The Hall–Kier alpha value is -2.63. The minimum absolute atomic E-state index is 0.00836. The number of carbonyl (C=O) groups is 2. The molecule has 2 N–H and O–H groups in total. The van der Waals surface area contributed by atoms with Crippen molar-refractivity contribution in [2.45, 2.75) is 19.4 Å². The summed E-state index contributed by atoms with van der Waals surface area (Å²) in [5.74, 6) is -1.65. The van der Waals surface area contributed by atoms with Crippen LogP contribution in [0.2, 0.25) is 0 Å². The van der Waals surface area contributed by atoms with E-state index in [1.165, 1.54) is 30.3 Å². The molecule has 0 saturated carbocycles. The molecule has 0 saturated heterocycles. The van der Waals surface area contributed by atoms with E-state index in [9.17, 15) is 14.0 Å². The van der Waals surface area contributed by atoms with Crippen molar-refractivity contribution in [3.05, 3.63) is 48.0 Å². The van der Waals surface area contributed by atoms with Crippen molar-refractivity contribution in [3.63, 3.8) is 0 Å². The maximum Gasteiger partial charge on any atom is 0.326 e. The molecule has 1 aromatic carbocycles. The molecule has 0 unspecified atom stereocenters. The molecule has 1 amide bonds. The number of carboxylic acid groups (broad SMARTS) is 1. The highest BCUT2D eigenvalue weighted by Gasteiger charge is 2.20. The number of benzene rings is 1. The quantitative estimate of drug-likeness (QED) is 0.887. The molecule has 110 valence electrons. The number of halogens is 1. The van der Waals surface area contributed by atoms with E-state index >= 15 is 0 Å². The molecule has 0 aliphatic rings. The summed E-state index contributed by atoms with van der Waals surface area (Å²) in [6, 6.07) is 7.69. The smallest absolute Gasteiger partial charge is 0.326 e. The Morgan fingerprint density at radius 3 is 2.48 bits per heavy atom. The topological polar surface area (TPSA) is 79.5 Å². The third-order valence-corrected chi connectivity index (χ3v) is 2.97. The minimum Gasteiger partial charge on any atom is -0.480 e. The fourth-order valence-electron chi connectivity index (χ4n) is 1.80. The van der Waals surface area contributed by atoms with Crippen LogP contribution >= 0.6 is 0 Å². The zero-order valence-electron chi connectivity index (χ0n) is 11.3. The molecule has 0 fully saturated rings. The Kier molecular flexibility index (Phi) is 4.37. The second-order valence-electron chi connectivity index (χ2n) is 4.44. The predicted molar refractivity (Wildman–Crippen MR) is 73.3 cm³/mol. The van der Waals surface area contributed by atoms with Gasteiger partial charge in [0, 0.05) is 5.56 Å². The lowest BCUT2D eigenvalue weighted by atomic mass is 10.2. The van der Waals surface area contributed by atoms with E-state index in [2.05, 4.69) is 5.32 Å². The fraction of sp³-hybridized carbons (Fsp3) is 0.200. The largest absolute Gasteiger partial charge is 0.480 e. The summed E-state index contributed by atoms with van der Waals surface area (Å²) in [5, 5.41) is 11.3. The van der Waals surface area contributed by atoms with E-state index in [1.54, 1.807) is 13.0 Å². The second-order valence-corrected chi connectivity index (χ2v) is 4.44. The molecule has 1 atom stereocenters. The molecular weight excluding hydrogens is 277 g/mol. The fourth-order valence-corrected chi connectivity index (χ4v) is 1.80. The number of rotatable bonds is 5. The lowest BCUT2D eigenvalue weighted by Gasteiger charge is -2.10. The van der Waals surface area contributed by atoms with Crippen LogP contribution in [0.1, 0.15) is 23.9 Å². The first-order valence-electron chi connectivity index (χ1n) is 6.40. The summed E-state index contributed by atoms with van der Waals surface area (Å²) in [4.78, 5) is 22.8. The van der Waals surface area contributed by atoms with Gasteiger partial charge in [-0.2, -0.15) is 0 Å². The Morgan fingerprint density at radius 2 is 1.90 bits per heavy atom. The standard InChI is InChI=1S/C15H14FNO4/c1-2-11(15(19)20)17-14(18)13-8-7-12(21-13)9-3-5-10(16)6-4-9/h3-8,11H,2H2,1H3,(H,17,18)(H,19,20)/t11-/m0/s1. The molecule has 0 bridgehead atoms. The Bertz CT molecular complexity index is 648. The molecule has 0 radical (unpaired) electrons. The number of hydrogen-bond donors (Lipinski definition) is 2. The van der Waals surface area contributed by atoms with Gasteiger partial charge in [-0.1, -0.05) is 6.92 Å². The molecule has 0 aliphatic carbocycles. The van der Waals surface area contributed by atoms with Crippen molar-refractivity contribution in [1.82, 2.24) is 5.32 Å². The van der Waals surface area contributed by atoms with Crippen LogP contribution in [0.25, 0.3) is 11.3 Å². The number of nitrogens with one attached hydrogen (secondary N) is 1. The van der Waals surface area contributed by atoms with Crippen LogP contribution in [0, 0.1) is 5.82 Å². The van der Waals surface area contributed by atoms with Crippen LogP contribution in [-0.2, 0) is 4.79 Å². The van der Waals surface area contributed by atoms with Gasteiger partial charge in [0.1, 0.15) is 17.6 Å². The van der Waals surface area contributed by atoms with Gasteiger partial charge in [-0.05, 0) is 42.8 Å². The van der Waals surface area contributed by atoms with Crippen LogP contribution in [0.5, 0.6) is 0 Å². The highest BCUT2D eigenvalue weighted by molar-refractivity contribution is 5.94. The maximum atomic E-state index is 12.8. The third kappa shape index (κ3) is 3.47. The average Bonchev–Trinajstić information content (AvgIpc) is 2.94. The van der Waals surface area contributed by atoms with Gasteiger partial charge < -0.3 is 14.8 Å². The van der Waals surface area contributed by atoms with Crippen molar-refractivity contribution in [1.29, 1.82) is 0 Å². The van der Waals surface area contributed by atoms with Gasteiger partial charge in [-0.15, -0.1) is 0 Å². The van der Waals surface area contributed by atoms with Gasteiger partial charge in [0.2, 0.25) is 0 Å². The zero-order valence-corrected chi connectivity index (χ0v) is 11.3. The van der Waals surface area contributed by atoms with E-state index in [-0.39, 0.29) is 18.0 Å². The predicted octanol–water partition coefficient (Wildman–Crippen LogP) is 2.68. The monoisotopic (exact) mass is 291 g/mol. The summed E-state index contributed by atoms with van der Waals surface area (Å²) in [6.45, 7) is 1.66. The summed E-state index contributed by atoms with van der Waals surface area (Å²) < 4.78 is 18.2. The van der Waals surface area contributed by atoms with Crippen molar-refractivity contribution >= 4 is 11.9 Å². The number of aliphatic carboxylic acids is 1. The lowest BCUT2D eigenvalue weighted by molar-refractivity contribution is -0.139. The lowest BCUT2D eigenvalue weighted by Crippen LogP contribution is -2.40. The van der Waals surface area contributed by atoms with Crippen LogP contribution in [0.4, 0.5) is 4.39 Å². The van der Waals surface area contributed by atoms with Crippen molar-refractivity contribution in [3.8, 4) is 11.3 Å². The molecule has 5 nitrogen and oxygen atoms in total. The van der Waals surface area contributed by atoms with Crippen LogP contribution in [0.15, 0.2) is 40.8 Å². The number of furan rings is 1. The molecule has 2 rings (SSSR count). The van der Waals surface area contributed by atoms with E-state index in [0.29, 0.717) is 11.3 Å². The van der Waals surface area contributed by atoms with Crippen molar-refractivity contribution in [2.75, 3.05) is 0 Å². The maximum absolute atomic E-state index is 12.8. The van der Waals surface area contributed by atoms with Gasteiger partial charge in [-0.3, -0.25) is 4.79 Å². The molecule has 2 aromatic rings. The van der Waals surface area contributed by atoms with E-state index in [4.69, 9.17) is 9.52 Å². The molecular formula is C15H14FNO4. The molecule has 0 spiro atoms. The van der Waals surface area contributed by atoms with E-state index in [1.807, 2.05) is 0 Å². The van der Waals surface area contributed by atoms with E-state index in [0.717, 1.165) is 0 Å². The third-order valence-electron chi connectivity index (χ3n) is 2.97. The van der Waals surface area contributed by atoms with Crippen LogP contribution in [0.3, 0.4) is 0 Å². The Balaban J connectivity index is 2.14. The van der Waals surface area contributed by atoms with Crippen LogP contribution < -0.4 is 5.32 Å². The Labute approximate surface area is 120 Å². The van der Waals surface area contributed by atoms with Gasteiger partial charge >= 0.3 is 5.97 Å². The van der Waals surface area contributed by atoms with Gasteiger partial charge in [0.05, 0.1) is 0 Å². The highest BCUT2D eigenvalue weighted by atomic mass is 19.1. The van der Waals surface area contributed by atoms with Gasteiger partial charge in [0.25, 0.3) is 5.91 Å².